The summed E-state index contributed by atoms with van der Waals surface area (Å²) in [6, 6.07) is 4.53. The predicted molar refractivity (Wildman–Crippen MR) is 106 cm³/mol. The van der Waals surface area contributed by atoms with Gasteiger partial charge in [-0.25, -0.2) is 13.1 Å². The highest BCUT2D eigenvalue weighted by Crippen LogP contribution is 2.26. The molecule has 1 saturated heterocycles. The van der Waals surface area contributed by atoms with Crippen LogP contribution >= 0.6 is 0 Å². The van der Waals surface area contributed by atoms with Gasteiger partial charge in [0.25, 0.3) is 5.91 Å². The standard InChI is InChI=1S/C19H31N3O4S/c1-5-12-22(16-8-10-20-11-9-16)19(23)15-6-7-17(26-4)18(13-15)27(24,25)21-14(2)3/h6-7,13-14,16,20-21H,5,8-12H2,1-4H3. The molecule has 2 rings (SSSR count). The van der Waals surface area contributed by atoms with Crippen molar-refractivity contribution in [2.45, 2.75) is 57.0 Å². The number of hydrogen-bond acceptors (Lipinski definition) is 5. The Balaban J connectivity index is 2.38. The Bertz CT molecular complexity index is 743. The fraction of sp³-hybridized carbons (Fsp3) is 0.632. The van der Waals surface area contributed by atoms with Crippen LogP contribution in [0.1, 0.15) is 50.4 Å². The molecule has 0 aromatic heterocycles. The monoisotopic (exact) mass is 397 g/mol. The summed E-state index contributed by atoms with van der Waals surface area (Å²) in [5.74, 6) is 0.0935. The van der Waals surface area contributed by atoms with E-state index in [2.05, 4.69) is 10.0 Å². The maximum absolute atomic E-state index is 13.2. The van der Waals surface area contributed by atoms with Gasteiger partial charge in [-0.2, -0.15) is 0 Å². The number of ether oxygens (including phenoxy) is 1. The minimum absolute atomic E-state index is 0.00805. The molecule has 152 valence electrons. The van der Waals surface area contributed by atoms with E-state index in [4.69, 9.17) is 4.74 Å². The summed E-state index contributed by atoms with van der Waals surface area (Å²) in [5.41, 5.74) is 0.368. The van der Waals surface area contributed by atoms with E-state index in [1.165, 1.54) is 13.2 Å². The molecule has 1 aromatic rings. The third-order valence-corrected chi connectivity index (χ3v) is 6.25. The summed E-state index contributed by atoms with van der Waals surface area (Å²) < 4.78 is 33.1. The molecular weight excluding hydrogens is 366 g/mol. The van der Waals surface area contributed by atoms with Crippen LogP contribution < -0.4 is 14.8 Å². The molecule has 0 radical (unpaired) electrons. The molecule has 7 nitrogen and oxygen atoms in total. The molecule has 1 fully saturated rings. The summed E-state index contributed by atoms with van der Waals surface area (Å²) in [4.78, 5) is 15.1. The molecule has 8 heteroatoms. The summed E-state index contributed by atoms with van der Waals surface area (Å²) in [5, 5.41) is 3.31. The van der Waals surface area contributed by atoms with Crippen LogP contribution in [-0.4, -0.2) is 58.1 Å². The number of carbonyl (C=O) groups is 1. The number of benzene rings is 1. The van der Waals surface area contributed by atoms with Gasteiger partial charge >= 0.3 is 0 Å². The summed E-state index contributed by atoms with van der Waals surface area (Å²) in [6.07, 6.45) is 2.66. The first-order valence-corrected chi connectivity index (χ1v) is 11.0. The summed E-state index contributed by atoms with van der Waals surface area (Å²) >= 11 is 0. The molecule has 2 N–H and O–H groups in total. The van der Waals surface area contributed by atoms with Gasteiger partial charge < -0.3 is 15.0 Å². The van der Waals surface area contributed by atoms with E-state index in [9.17, 15) is 13.2 Å². The van der Waals surface area contributed by atoms with Gasteiger partial charge in [-0.05, 0) is 64.4 Å². The number of hydrogen-bond donors (Lipinski definition) is 2. The number of rotatable bonds is 8. The molecule has 1 aliphatic rings. The van der Waals surface area contributed by atoms with E-state index in [-0.39, 0.29) is 28.6 Å². The quantitative estimate of drug-likeness (QED) is 0.700. The number of carbonyl (C=O) groups excluding carboxylic acids is 1. The molecule has 1 amide bonds. The first-order valence-electron chi connectivity index (χ1n) is 9.52. The fourth-order valence-corrected chi connectivity index (χ4v) is 4.81. The van der Waals surface area contributed by atoms with E-state index in [0.717, 1.165) is 32.4 Å². The highest BCUT2D eigenvalue weighted by molar-refractivity contribution is 7.89. The molecule has 1 aromatic carbocycles. The second kappa shape index (κ2) is 9.52. The topological polar surface area (TPSA) is 87.7 Å². The molecule has 0 atom stereocenters. The van der Waals surface area contributed by atoms with E-state index < -0.39 is 10.0 Å². The number of nitrogens with one attached hydrogen (secondary N) is 2. The van der Waals surface area contributed by atoms with Crippen LogP contribution in [0.25, 0.3) is 0 Å². The van der Waals surface area contributed by atoms with E-state index in [1.54, 1.807) is 26.0 Å². The molecular formula is C19H31N3O4S. The average Bonchev–Trinajstić information content (AvgIpc) is 2.64. The van der Waals surface area contributed by atoms with Gasteiger partial charge in [0, 0.05) is 24.2 Å². The highest BCUT2D eigenvalue weighted by atomic mass is 32.2. The molecule has 0 spiro atoms. The molecule has 1 heterocycles. The SMILES string of the molecule is CCCN(C(=O)c1ccc(OC)c(S(=O)(=O)NC(C)C)c1)C1CCNCC1. The lowest BCUT2D eigenvalue weighted by Crippen LogP contribution is -2.46. The Morgan fingerprint density at radius 1 is 1.33 bits per heavy atom. The van der Waals surface area contributed by atoms with Crippen molar-refractivity contribution in [3.05, 3.63) is 23.8 Å². The Labute approximate surface area is 162 Å². The van der Waals surface area contributed by atoms with Crippen molar-refractivity contribution in [1.82, 2.24) is 14.9 Å². The van der Waals surface area contributed by atoms with Gasteiger partial charge in [0.2, 0.25) is 10.0 Å². The first-order chi connectivity index (χ1) is 12.8. The van der Waals surface area contributed by atoms with E-state index >= 15 is 0 Å². The zero-order chi connectivity index (χ0) is 20.0. The van der Waals surface area contributed by atoms with Gasteiger partial charge in [-0.3, -0.25) is 4.79 Å². The first kappa shape index (κ1) is 21.7. The largest absolute Gasteiger partial charge is 0.495 e. The normalized spacial score (nSPS) is 15.7. The Morgan fingerprint density at radius 2 is 2.00 bits per heavy atom. The van der Waals surface area contributed by atoms with Crippen molar-refractivity contribution < 1.29 is 17.9 Å². The Kier molecular flexibility index (Phi) is 7.64. The third-order valence-electron chi connectivity index (χ3n) is 4.57. The minimum atomic E-state index is -3.78. The van der Waals surface area contributed by atoms with Crippen LogP contribution in [0.2, 0.25) is 0 Å². The Hall–Kier alpha value is -1.64. The third kappa shape index (κ3) is 5.43. The van der Waals surface area contributed by atoms with Crippen molar-refractivity contribution in [2.75, 3.05) is 26.7 Å². The lowest BCUT2D eigenvalue weighted by atomic mass is 10.0. The summed E-state index contributed by atoms with van der Waals surface area (Å²) in [7, 11) is -2.36. The molecule has 0 unspecified atom stereocenters. The molecule has 27 heavy (non-hydrogen) atoms. The van der Waals surface area contributed by atoms with Gasteiger partial charge in [0.05, 0.1) is 7.11 Å². The summed E-state index contributed by atoms with van der Waals surface area (Å²) in [6.45, 7) is 7.97. The molecule has 1 aliphatic heterocycles. The second-order valence-electron chi connectivity index (χ2n) is 7.12. The Morgan fingerprint density at radius 3 is 2.56 bits per heavy atom. The van der Waals surface area contributed by atoms with Crippen LogP contribution in [0, 0.1) is 0 Å². The lowest BCUT2D eigenvalue weighted by molar-refractivity contribution is 0.0642. The van der Waals surface area contributed by atoms with Crippen LogP contribution in [0.5, 0.6) is 5.75 Å². The zero-order valence-electron chi connectivity index (χ0n) is 16.6. The molecule has 0 aliphatic carbocycles. The van der Waals surface area contributed by atoms with Crippen LogP contribution in [-0.2, 0) is 10.0 Å². The highest BCUT2D eigenvalue weighted by Gasteiger charge is 2.28. The molecule has 0 saturated carbocycles. The number of nitrogens with zero attached hydrogens (tertiary/aromatic N) is 1. The zero-order valence-corrected chi connectivity index (χ0v) is 17.4. The maximum atomic E-state index is 13.2. The van der Waals surface area contributed by atoms with Crippen LogP contribution in [0.15, 0.2) is 23.1 Å². The second-order valence-corrected chi connectivity index (χ2v) is 8.80. The van der Waals surface area contributed by atoms with Gasteiger partial charge in [0.1, 0.15) is 10.6 Å². The number of amides is 1. The lowest BCUT2D eigenvalue weighted by Gasteiger charge is -2.34. The number of piperidine rings is 1. The van der Waals surface area contributed by atoms with Crippen molar-refractivity contribution in [3.8, 4) is 5.75 Å². The van der Waals surface area contributed by atoms with Gasteiger partial charge in [-0.1, -0.05) is 6.92 Å². The van der Waals surface area contributed by atoms with E-state index in [0.29, 0.717) is 12.1 Å². The minimum Gasteiger partial charge on any atom is -0.495 e. The average molecular weight is 398 g/mol. The van der Waals surface area contributed by atoms with Crippen molar-refractivity contribution in [1.29, 1.82) is 0 Å². The number of methoxy groups -OCH3 is 1. The van der Waals surface area contributed by atoms with Crippen molar-refractivity contribution in [2.24, 2.45) is 0 Å². The fourth-order valence-electron chi connectivity index (χ4n) is 3.37. The number of sulfonamides is 1. The van der Waals surface area contributed by atoms with Crippen LogP contribution in [0.3, 0.4) is 0 Å². The maximum Gasteiger partial charge on any atom is 0.254 e. The predicted octanol–water partition coefficient (Wildman–Crippen LogP) is 1.99. The van der Waals surface area contributed by atoms with E-state index in [1.807, 2.05) is 11.8 Å². The van der Waals surface area contributed by atoms with Gasteiger partial charge in [-0.15, -0.1) is 0 Å². The molecule has 0 bridgehead atoms. The van der Waals surface area contributed by atoms with Crippen LogP contribution in [0.4, 0.5) is 0 Å². The van der Waals surface area contributed by atoms with Gasteiger partial charge in [0.15, 0.2) is 0 Å². The van der Waals surface area contributed by atoms with Crippen molar-refractivity contribution >= 4 is 15.9 Å². The smallest absolute Gasteiger partial charge is 0.254 e. The van der Waals surface area contributed by atoms with Crippen molar-refractivity contribution in [3.63, 3.8) is 0 Å².